The van der Waals surface area contributed by atoms with E-state index in [1.165, 1.54) is 21.9 Å². The molecule has 166 valence electrons. The van der Waals surface area contributed by atoms with Gasteiger partial charge in [0.25, 0.3) is 5.91 Å². The maximum atomic E-state index is 13.1. The molecule has 3 N–H and O–H groups in total. The predicted molar refractivity (Wildman–Crippen MR) is 109 cm³/mol. The minimum atomic E-state index is -3.84. The summed E-state index contributed by atoms with van der Waals surface area (Å²) in [6.07, 6.45) is 1.76. The Labute approximate surface area is 179 Å². The van der Waals surface area contributed by atoms with Crippen LogP contribution in [0.1, 0.15) is 31.0 Å². The molecule has 1 aromatic rings. The van der Waals surface area contributed by atoms with E-state index in [1.54, 1.807) is 12.3 Å². The van der Waals surface area contributed by atoms with Gasteiger partial charge < -0.3 is 10.2 Å². The molecule has 2 aliphatic heterocycles. The van der Waals surface area contributed by atoms with E-state index >= 15 is 0 Å². The number of carbonyl (C=O) groups is 2. The number of fused-ring (bicyclic) bond motifs is 1. The summed E-state index contributed by atoms with van der Waals surface area (Å²) >= 11 is 0. The highest BCUT2D eigenvalue weighted by Gasteiger charge is 2.44. The lowest BCUT2D eigenvalue weighted by molar-refractivity contribution is -0.131. The van der Waals surface area contributed by atoms with Gasteiger partial charge >= 0.3 is 6.03 Å². The van der Waals surface area contributed by atoms with Crippen molar-refractivity contribution >= 4 is 21.8 Å². The molecule has 1 aromatic heterocycles. The molecule has 2 aliphatic rings. The second-order valence-corrected chi connectivity index (χ2v) is 10.2. The quantitative estimate of drug-likeness (QED) is 0.331. The van der Waals surface area contributed by atoms with Crippen molar-refractivity contribution in [1.29, 1.82) is 0 Å². The summed E-state index contributed by atoms with van der Waals surface area (Å²) in [5, 5.41) is 11.8. The van der Waals surface area contributed by atoms with Crippen LogP contribution in [0.3, 0.4) is 0 Å². The zero-order valence-electron chi connectivity index (χ0n) is 17.1. The lowest BCUT2D eigenvalue weighted by Crippen LogP contribution is -2.50. The number of nitrogens with zero attached hydrogens (tertiary/aromatic N) is 2. The Balaban J connectivity index is 1.63. The fourth-order valence-electron chi connectivity index (χ4n) is 3.43. The van der Waals surface area contributed by atoms with Crippen molar-refractivity contribution in [2.45, 2.75) is 43.3 Å². The number of nitrogens with one attached hydrogen (secondary N) is 2. The number of carbonyl (C=O) groups excluding carboxylic acids is 2. The fraction of sp³-hybridized carbons (Fsp3) is 0.500. The number of hydroxylamine groups is 1. The van der Waals surface area contributed by atoms with Crippen LogP contribution < -0.4 is 10.8 Å². The summed E-state index contributed by atoms with van der Waals surface area (Å²) < 4.78 is 36.7. The van der Waals surface area contributed by atoms with E-state index in [0.29, 0.717) is 24.2 Å². The van der Waals surface area contributed by atoms with Crippen LogP contribution in [0.4, 0.5) is 9.18 Å². The van der Waals surface area contributed by atoms with Gasteiger partial charge in [0.1, 0.15) is 6.17 Å². The summed E-state index contributed by atoms with van der Waals surface area (Å²) in [6, 6.07) is 1.16. The van der Waals surface area contributed by atoms with E-state index < -0.39 is 26.7 Å². The Hall–Kier alpha value is -2.86. The Morgan fingerprint density at radius 1 is 1.45 bits per heavy atom. The number of amides is 2. The third-order valence-corrected chi connectivity index (χ3v) is 7.61. The molecule has 2 amide bonds. The molecule has 0 aromatic carbocycles. The van der Waals surface area contributed by atoms with Gasteiger partial charge in [-0.1, -0.05) is 11.8 Å². The van der Waals surface area contributed by atoms with Crippen molar-refractivity contribution in [3.63, 3.8) is 0 Å². The zero-order chi connectivity index (χ0) is 22.8. The summed E-state index contributed by atoms with van der Waals surface area (Å²) in [4.78, 5) is 25.9. The summed E-state index contributed by atoms with van der Waals surface area (Å²) in [7, 11) is -3.84. The number of sulfone groups is 1. The van der Waals surface area contributed by atoms with Crippen molar-refractivity contribution in [1.82, 2.24) is 20.3 Å². The second kappa shape index (κ2) is 8.71. The first kappa shape index (κ1) is 22.8. The average Bonchev–Trinajstić information content (AvgIpc) is 3.38. The van der Waals surface area contributed by atoms with Gasteiger partial charge in [-0.15, -0.1) is 0 Å². The van der Waals surface area contributed by atoms with Crippen LogP contribution in [0, 0.1) is 23.7 Å². The largest absolute Gasteiger partial charge is 0.328 e. The van der Waals surface area contributed by atoms with Crippen LogP contribution in [-0.4, -0.2) is 71.3 Å². The van der Waals surface area contributed by atoms with E-state index in [9.17, 15) is 22.4 Å². The molecule has 11 heteroatoms. The monoisotopic (exact) mass is 450 g/mol. The van der Waals surface area contributed by atoms with Crippen molar-refractivity contribution in [3.8, 4) is 23.7 Å². The van der Waals surface area contributed by atoms with Gasteiger partial charge in [0.05, 0.1) is 12.6 Å². The molecule has 1 saturated heterocycles. The molecule has 3 rings (SSSR count). The van der Waals surface area contributed by atoms with E-state index in [0.717, 1.165) is 6.26 Å². The van der Waals surface area contributed by atoms with Gasteiger partial charge in [0, 0.05) is 43.2 Å². The van der Waals surface area contributed by atoms with Gasteiger partial charge in [-0.25, -0.2) is 23.1 Å². The van der Waals surface area contributed by atoms with Crippen molar-refractivity contribution in [3.05, 3.63) is 23.5 Å². The zero-order valence-corrected chi connectivity index (χ0v) is 17.9. The summed E-state index contributed by atoms with van der Waals surface area (Å²) in [6.45, 7) is 1.74. The molecule has 1 fully saturated rings. The molecule has 0 saturated carbocycles. The SMILES string of the molecule is CC(CCN1Cc2cc(C#CC#C[C@@H]3C[C@H](F)CN3)cn2C1=O)(C(=O)NO)S(C)(=O)=O. The molecule has 31 heavy (non-hydrogen) atoms. The highest BCUT2D eigenvalue weighted by Crippen LogP contribution is 2.25. The second-order valence-electron chi connectivity index (χ2n) is 7.80. The molecule has 3 atom stereocenters. The Bertz CT molecular complexity index is 1120. The number of hydrogen-bond donors (Lipinski definition) is 3. The molecule has 0 spiro atoms. The van der Waals surface area contributed by atoms with Crippen LogP contribution >= 0.6 is 0 Å². The van der Waals surface area contributed by atoms with E-state index in [2.05, 4.69) is 29.0 Å². The Morgan fingerprint density at radius 2 is 2.19 bits per heavy atom. The first-order valence-corrected chi connectivity index (χ1v) is 11.5. The maximum Gasteiger partial charge on any atom is 0.328 e. The number of hydrogen-bond acceptors (Lipinski definition) is 6. The smallest absolute Gasteiger partial charge is 0.318 e. The van der Waals surface area contributed by atoms with Crippen molar-refractivity contribution < 1.29 is 27.6 Å². The lowest BCUT2D eigenvalue weighted by Gasteiger charge is -2.27. The van der Waals surface area contributed by atoms with Crippen LogP contribution in [0.2, 0.25) is 0 Å². The highest BCUT2D eigenvalue weighted by molar-refractivity contribution is 7.92. The molecule has 0 radical (unpaired) electrons. The van der Waals surface area contributed by atoms with E-state index in [1.807, 2.05) is 0 Å². The first-order chi connectivity index (χ1) is 14.5. The molecule has 9 nitrogen and oxygen atoms in total. The van der Waals surface area contributed by atoms with Crippen molar-refractivity contribution in [2.75, 3.05) is 19.3 Å². The van der Waals surface area contributed by atoms with Crippen LogP contribution in [0.15, 0.2) is 12.3 Å². The summed E-state index contributed by atoms with van der Waals surface area (Å²) in [5.41, 5.74) is 2.66. The van der Waals surface area contributed by atoms with Crippen LogP contribution in [0.25, 0.3) is 0 Å². The summed E-state index contributed by atoms with van der Waals surface area (Å²) in [5.74, 6) is 10.0. The molecule has 1 unspecified atom stereocenters. The topological polar surface area (TPSA) is 121 Å². The van der Waals surface area contributed by atoms with E-state index in [4.69, 9.17) is 5.21 Å². The molecule has 3 heterocycles. The van der Waals surface area contributed by atoms with Crippen molar-refractivity contribution in [2.24, 2.45) is 0 Å². The van der Waals surface area contributed by atoms with Gasteiger partial charge in [-0.3, -0.25) is 14.6 Å². The van der Waals surface area contributed by atoms with Gasteiger partial charge in [-0.05, 0) is 31.3 Å². The van der Waals surface area contributed by atoms with Crippen LogP contribution in [0.5, 0.6) is 0 Å². The number of halogens is 1. The minimum absolute atomic E-state index is 0.00788. The highest BCUT2D eigenvalue weighted by atomic mass is 32.2. The lowest BCUT2D eigenvalue weighted by atomic mass is 10.1. The van der Waals surface area contributed by atoms with Gasteiger partial charge in [0.15, 0.2) is 14.6 Å². The van der Waals surface area contributed by atoms with E-state index in [-0.39, 0.29) is 31.6 Å². The minimum Gasteiger partial charge on any atom is -0.318 e. The number of alkyl halides is 1. The Morgan fingerprint density at radius 3 is 2.77 bits per heavy atom. The Kier molecular flexibility index (Phi) is 6.41. The van der Waals surface area contributed by atoms with Gasteiger partial charge in [-0.2, -0.15) is 0 Å². The maximum absolute atomic E-state index is 13.1. The molecular weight excluding hydrogens is 427 g/mol. The standard InChI is InChI=1S/C20H23FN4O5S/c1-20(18(26)23-28,31(2,29)30)7-8-24-13-17-9-14(12-25(17)19(24)27)5-3-4-6-16-10-15(21)11-22-16/h9,12,15-16,22,28H,7-8,10-11,13H2,1-2H3,(H,23,26)/t15-,16+,20?/m0/s1. The third-order valence-electron chi connectivity index (χ3n) is 5.58. The average molecular weight is 450 g/mol. The van der Waals surface area contributed by atoms with Gasteiger partial charge in [0.2, 0.25) is 0 Å². The third kappa shape index (κ3) is 4.74. The molecular formula is C20H23FN4O5S. The molecule has 0 bridgehead atoms. The number of rotatable bonds is 5. The number of aromatic nitrogens is 1. The fourth-order valence-corrected chi connectivity index (χ4v) is 4.27. The van der Waals surface area contributed by atoms with Crippen LogP contribution in [-0.2, 0) is 21.2 Å². The molecule has 0 aliphatic carbocycles. The normalized spacial score (nSPS) is 22.1. The first-order valence-electron chi connectivity index (χ1n) is 9.59. The predicted octanol–water partition coefficient (Wildman–Crippen LogP) is 0.0255.